The monoisotopic (exact) mass is 318 g/mol. The molecule has 23 heavy (non-hydrogen) atoms. The Hall–Kier alpha value is -2.37. The molecule has 1 fully saturated rings. The second-order valence-electron chi connectivity index (χ2n) is 5.87. The molecule has 1 saturated carbocycles. The number of carbonyl (C=O) groups excluding carboxylic acids is 2. The number of amides is 2. The van der Waals surface area contributed by atoms with Gasteiger partial charge >= 0.3 is 5.97 Å². The number of benzene rings is 1. The molecule has 0 saturated heterocycles. The number of hydrogen-bond donors (Lipinski definition) is 3. The van der Waals surface area contributed by atoms with Crippen molar-refractivity contribution in [2.45, 2.75) is 32.6 Å². The zero-order valence-corrected chi connectivity index (χ0v) is 13.2. The Morgan fingerprint density at radius 3 is 2.35 bits per heavy atom. The summed E-state index contributed by atoms with van der Waals surface area (Å²) in [7, 11) is 0. The zero-order valence-electron chi connectivity index (χ0n) is 13.2. The van der Waals surface area contributed by atoms with E-state index in [9.17, 15) is 14.4 Å². The van der Waals surface area contributed by atoms with E-state index in [0.717, 1.165) is 6.42 Å². The van der Waals surface area contributed by atoms with Gasteiger partial charge in [0.15, 0.2) is 0 Å². The van der Waals surface area contributed by atoms with Gasteiger partial charge in [0.1, 0.15) is 0 Å². The Balaban J connectivity index is 1.89. The van der Waals surface area contributed by atoms with Crippen LogP contribution in [-0.4, -0.2) is 29.4 Å². The third kappa shape index (κ3) is 4.55. The van der Waals surface area contributed by atoms with E-state index in [4.69, 9.17) is 5.11 Å². The summed E-state index contributed by atoms with van der Waals surface area (Å²) in [6.07, 6.45) is 2.40. The number of carboxylic acids is 1. The number of aliphatic carboxylic acids is 1. The predicted molar refractivity (Wildman–Crippen MR) is 86.2 cm³/mol. The summed E-state index contributed by atoms with van der Waals surface area (Å²) in [5, 5.41) is 14.6. The summed E-state index contributed by atoms with van der Waals surface area (Å²) in [5.74, 6) is -1.80. The van der Waals surface area contributed by atoms with Crippen molar-refractivity contribution in [3.05, 3.63) is 29.8 Å². The van der Waals surface area contributed by atoms with Gasteiger partial charge in [-0.3, -0.25) is 14.4 Å². The quantitative estimate of drug-likeness (QED) is 0.749. The molecular formula is C17H22N2O4. The first-order valence-corrected chi connectivity index (χ1v) is 7.93. The lowest BCUT2D eigenvalue weighted by molar-refractivity contribution is -0.141. The molecule has 0 heterocycles. The van der Waals surface area contributed by atoms with Crippen LogP contribution in [0.25, 0.3) is 0 Å². The van der Waals surface area contributed by atoms with Gasteiger partial charge in [0.05, 0.1) is 5.92 Å². The standard InChI is InChI=1S/C17H22N2O4/c1-2-9-18-15(20)11-5-7-14(8-6-11)19-16(21)12-3-4-13(10-12)17(22)23/h5-8,12-13H,2-4,9-10H2,1H3,(H,18,20)(H,19,21)(H,22,23)/t12-,13+/m1/s1. The van der Waals surface area contributed by atoms with Crippen molar-refractivity contribution in [3.63, 3.8) is 0 Å². The Bertz CT molecular complexity index is 583. The fraction of sp³-hybridized carbons (Fsp3) is 0.471. The SMILES string of the molecule is CCCNC(=O)c1ccc(NC(=O)[C@@H]2CC[C@H](C(=O)O)C2)cc1. The van der Waals surface area contributed by atoms with Crippen LogP contribution in [0.1, 0.15) is 43.0 Å². The van der Waals surface area contributed by atoms with E-state index in [1.54, 1.807) is 24.3 Å². The smallest absolute Gasteiger partial charge is 0.306 e. The van der Waals surface area contributed by atoms with E-state index in [-0.39, 0.29) is 17.7 Å². The third-order valence-electron chi connectivity index (χ3n) is 4.10. The average Bonchev–Trinajstić information content (AvgIpc) is 3.03. The van der Waals surface area contributed by atoms with Crippen LogP contribution in [0.3, 0.4) is 0 Å². The van der Waals surface area contributed by atoms with Crippen molar-refractivity contribution in [2.24, 2.45) is 11.8 Å². The molecule has 6 heteroatoms. The largest absolute Gasteiger partial charge is 0.481 e. The van der Waals surface area contributed by atoms with Gasteiger partial charge in [-0.25, -0.2) is 0 Å². The van der Waals surface area contributed by atoms with Gasteiger partial charge in [-0.15, -0.1) is 0 Å². The predicted octanol–water partition coefficient (Wildman–Crippen LogP) is 2.27. The molecule has 1 aliphatic carbocycles. The summed E-state index contributed by atoms with van der Waals surface area (Å²) in [6, 6.07) is 6.69. The normalized spacial score (nSPS) is 20.0. The molecule has 0 spiro atoms. The van der Waals surface area contributed by atoms with E-state index < -0.39 is 11.9 Å². The maximum atomic E-state index is 12.2. The van der Waals surface area contributed by atoms with Gasteiger partial charge in [-0.1, -0.05) is 6.92 Å². The highest BCUT2D eigenvalue weighted by molar-refractivity contribution is 5.96. The first kappa shape index (κ1) is 17.0. The first-order valence-electron chi connectivity index (χ1n) is 7.93. The topological polar surface area (TPSA) is 95.5 Å². The van der Waals surface area contributed by atoms with E-state index in [1.807, 2.05) is 6.92 Å². The summed E-state index contributed by atoms with van der Waals surface area (Å²) in [4.78, 5) is 34.9. The Morgan fingerprint density at radius 1 is 1.13 bits per heavy atom. The van der Waals surface area contributed by atoms with Crippen molar-refractivity contribution in [2.75, 3.05) is 11.9 Å². The van der Waals surface area contributed by atoms with Crippen LogP contribution in [0.5, 0.6) is 0 Å². The molecule has 3 N–H and O–H groups in total. The second kappa shape index (κ2) is 7.76. The number of rotatable bonds is 6. The highest BCUT2D eigenvalue weighted by Gasteiger charge is 2.33. The van der Waals surface area contributed by atoms with Crippen LogP contribution >= 0.6 is 0 Å². The maximum Gasteiger partial charge on any atom is 0.306 e. The molecule has 2 atom stereocenters. The lowest BCUT2D eigenvalue weighted by Crippen LogP contribution is -2.24. The highest BCUT2D eigenvalue weighted by atomic mass is 16.4. The molecule has 2 amide bonds. The summed E-state index contributed by atoms with van der Waals surface area (Å²) in [6.45, 7) is 2.61. The highest BCUT2D eigenvalue weighted by Crippen LogP contribution is 2.31. The van der Waals surface area contributed by atoms with Crippen LogP contribution < -0.4 is 10.6 Å². The van der Waals surface area contributed by atoms with Crippen molar-refractivity contribution >= 4 is 23.5 Å². The van der Waals surface area contributed by atoms with Gasteiger partial charge < -0.3 is 15.7 Å². The molecule has 0 radical (unpaired) electrons. The summed E-state index contributed by atoms with van der Waals surface area (Å²) in [5.41, 5.74) is 1.16. The molecule has 0 aliphatic heterocycles. The molecule has 124 valence electrons. The van der Waals surface area contributed by atoms with Gasteiger partial charge in [-0.2, -0.15) is 0 Å². The lowest BCUT2D eigenvalue weighted by atomic mass is 10.0. The van der Waals surface area contributed by atoms with Crippen LogP contribution in [-0.2, 0) is 9.59 Å². The van der Waals surface area contributed by atoms with Crippen molar-refractivity contribution < 1.29 is 19.5 Å². The van der Waals surface area contributed by atoms with Gasteiger partial charge in [0, 0.05) is 23.7 Å². The van der Waals surface area contributed by atoms with Crippen molar-refractivity contribution in [3.8, 4) is 0 Å². The minimum Gasteiger partial charge on any atom is -0.481 e. The molecule has 6 nitrogen and oxygen atoms in total. The molecular weight excluding hydrogens is 296 g/mol. The van der Waals surface area contributed by atoms with Crippen molar-refractivity contribution in [1.82, 2.24) is 5.32 Å². The van der Waals surface area contributed by atoms with Gasteiger partial charge in [0.25, 0.3) is 5.91 Å². The molecule has 0 unspecified atom stereocenters. The maximum absolute atomic E-state index is 12.2. The lowest BCUT2D eigenvalue weighted by Gasteiger charge is -2.11. The second-order valence-corrected chi connectivity index (χ2v) is 5.87. The third-order valence-corrected chi connectivity index (χ3v) is 4.10. The van der Waals surface area contributed by atoms with Crippen LogP contribution in [0, 0.1) is 11.8 Å². The van der Waals surface area contributed by atoms with Gasteiger partial charge in [-0.05, 0) is 49.9 Å². The molecule has 0 aromatic heterocycles. The average molecular weight is 318 g/mol. The number of anilines is 1. The first-order chi connectivity index (χ1) is 11.0. The molecule has 1 aromatic rings. The molecule has 0 bridgehead atoms. The number of nitrogens with one attached hydrogen (secondary N) is 2. The van der Waals surface area contributed by atoms with E-state index in [0.29, 0.717) is 37.1 Å². The number of carboxylic acid groups (broad SMARTS) is 1. The summed E-state index contributed by atoms with van der Waals surface area (Å²) >= 11 is 0. The molecule has 1 aromatic carbocycles. The minimum absolute atomic E-state index is 0.134. The number of hydrogen-bond acceptors (Lipinski definition) is 3. The Labute approximate surface area is 135 Å². The molecule has 1 aliphatic rings. The van der Waals surface area contributed by atoms with Crippen molar-refractivity contribution in [1.29, 1.82) is 0 Å². The zero-order chi connectivity index (χ0) is 16.8. The number of carbonyl (C=O) groups is 3. The van der Waals surface area contributed by atoms with Crippen LogP contribution in [0.15, 0.2) is 24.3 Å². The molecule has 2 rings (SSSR count). The van der Waals surface area contributed by atoms with E-state index >= 15 is 0 Å². The Kier molecular flexibility index (Phi) is 5.73. The minimum atomic E-state index is -0.831. The fourth-order valence-electron chi connectivity index (χ4n) is 2.73. The van der Waals surface area contributed by atoms with E-state index in [2.05, 4.69) is 10.6 Å². The fourth-order valence-corrected chi connectivity index (χ4v) is 2.73. The summed E-state index contributed by atoms with van der Waals surface area (Å²) < 4.78 is 0. The van der Waals surface area contributed by atoms with Crippen LogP contribution in [0.4, 0.5) is 5.69 Å². The van der Waals surface area contributed by atoms with E-state index in [1.165, 1.54) is 0 Å². The van der Waals surface area contributed by atoms with Gasteiger partial charge in [0.2, 0.25) is 5.91 Å². The Morgan fingerprint density at radius 2 is 1.78 bits per heavy atom. The van der Waals surface area contributed by atoms with Crippen LogP contribution in [0.2, 0.25) is 0 Å².